The van der Waals surface area contributed by atoms with E-state index in [0.717, 1.165) is 29.2 Å². The minimum absolute atomic E-state index is 0.0709. The van der Waals surface area contributed by atoms with E-state index in [1.807, 2.05) is 55.6 Å². The molecule has 2 heterocycles. The van der Waals surface area contributed by atoms with Crippen LogP contribution in [0, 0.1) is 10.1 Å². The van der Waals surface area contributed by atoms with Gasteiger partial charge in [-0.15, -0.1) is 0 Å². The topological polar surface area (TPSA) is 72.6 Å². The van der Waals surface area contributed by atoms with Gasteiger partial charge in [0.1, 0.15) is 5.75 Å². The number of ether oxygens (including phenoxy) is 1. The molecule has 1 atom stereocenters. The molecule has 0 spiro atoms. The fourth-order valence-corrected chi connectivity index (χ4v) is 4.07. The van der Waals surface area contributed by atoms with Gasteiger partial charge >= 0.3 is 0 Å². The van der Waals surface area contributed by atoms with Crippen LogP contribution in [0.5, 0.6) is 5.75 Å². The highest BCUT2D eigenvalue weighted by Crippen LogP contribution is 2.34. The lowest BCUT2D eigenvalue weighted by atomic mass is 10.00. The number of nitro groups is 1. The molecule has 154 valence electrons. The first-order valence-corrected chi connectivity index (χ1v) is 10.2. The average molecular weight is 423 g/mol. The lowest BCUT2D eigenvalue weighted by Gasteiger charge is -2.39. The Balaban J connectivity index is 1.63. The standard InChI is InChI=1S/C22H22N4O3S/c1-2-29-19-10-8-17(9-11-19)23-22(30)25-14-13-24-12-4-7-20(24)21(25)16-5-3-6-18(15-16)26(27)28/h3-12,15,21H,2,13-14H2,1H3,(H,23,30). The van der Waals surface area contributed by atoms with Crippen molar-refractivity contribution in [3.05, 3.63) is 88.2 Å². The number of benzene rings is 2. The highest BCUT2D eigenvalue weighted by atomic mass is 32.1. The Kier molecular flexibility index (Phi) is 5.67. The van der Waals surface area contributed by atoms with Gasteiger partial charge < -0.3 is 19.5 Å². The number of nitrogens with one attached hydrogen (secondary N) is 1. The number of nitro benzene ring substituents is 1. The van der Waals surface area contributed by atoms with Crippen LogP contribution >= 0.6 is 12.2 Å². The van der Waals surface area contributed by atoms with Gasteiger partial charge in [-0.3, -0.25) is 10.1 Å². The molecule has 30 heavy (non-hydrogen) atoms. The van der Waals surface area contributed by atoms with E-state index in [2.05, 4.69) is 14.8 Å². The molecule has 8 heteroatoms. The number of rotatable bonds is 5. The van der Waals surface area contributed by atoms with Gasteiger partial charge in [0.05, 0.1) is 17.6 Å². The van der Waals surface area contributed by atoms with Gasteiger partial charge in [-0.05, 0) is 61.1 Å². The van der Waals surface area contributed by atoms with Crippen molar-refractivity contribution in [3.8, 4) is 5.75 Å². The van der Waals surface area contributed by atoms with Crippen molar-refractivity contribution in [2.24, 2.45) is 0 Å². The Morgan fingerprint density at radius 3 is 2.73 bits per heavy atom. The second kappa shape index (κ2) is 8.54. The molecule has 3 aromatic rings. The van der Waals surface area contributed by atoms with Gasteiger partial charge in [-0.2, -0.15) is 0 Å². The van der Waals surface area contributed by atoms with Crippen LogP contribution in [0.4, 0.5) is 11.4 Å². The predicted octanol–water partition coefficient (Wildman–Crippen LogP) is 4.60. The van der Waals surface area contributed by atoms with Crippen molar-refractivity contribution in [2.75, 3.05) is 18.5 Å². The van der Waals surface area contributed by atoms with E-state index in [-0.39, 0.29) is 16.7 Å². The molecule has 0 radical (unpaired) electrons. The molecule has 1 N–H and O–H groups in total. The second-order valence-corrected chi connectivity index (χ2v) is 7.35. The molecule has 2 aromatic carbocycles. The molecular weight excluding hydrogens is 400 g/mol. The smallest absolute Gasteiger partial charge is 0.269 e. The molecule has 1 aliphatic rings. The van der Waals surface area contributed by atoms with Crippen molar-refractivity contribution < 1.29 is 9.66 Å². The summed E-state index contributed by atoms with van der Waals surface area (Å²) < 4.78 is 7.66. The first-order valence-electron chi connectivity index (χ1n) is 9.76. The fourth-order valence-electron chi connectivity index (χ4n) is 3.76. The average Bonchev–Trinajstić information content (AvgIpc) is 3.23. The summed E-state index contributed by atoms with van der Waals surface area (Å²) in [6, 6.07) is 18.2. The molecule has 0 aliphatic carbocycles. The summed E-state index contributed by atoms with van der Waals surface area (Å²) in [4.78, 5) is 13.0. The number of thiocarbonyl (C=S) groups is 1. The van der Waals surface area contributed by atoms with Gasteiger partial charge in [0, 0.05) is 42.8 Å². The molecule has 0 saturated heterocycles. The first-order chi connectivity index (χ1) is 14.6. The van der Waals surface area contributed by atoms with Crippen LogP contribution in [-0.4, -0.2) is 32.7 Å². The number of aromatic nitrogens is 1. The molecule has 7 nitrogen and oxygen atoms in total. The minimum atomic E-state index is -0.369. The van der Waals surface area contributed by atoms with Crippen molar-refractivity contribution in [1.82, 2.24) is 9.47 Å². The number of non-ortho nitro benzene ring substituents is 1. The highest BCUT2D eigenvalue weighted by molar-refractivity contribution is 7.80. The van der Waals surface area contributed by atoms with Crippen molar-refractivity contribution in [1.29, 1.82) is 0 Å². The van der Waals surface area contributed by atoms with Crippen molar-refractivity contribution >= 4 is 28.7 Å². The maximum absolute atomic E-state index is 11.3. The Morgan fingerprint density at radius 2 is 2.00 bits per heavy atom. The molecule has 1 unspecified atom stereocenters. The van der Waals surface area contributed by atoms with Crippen LogP contribution in [0.2, 0.25) is 0 Å². The molecule has 0 amide bonds. The third-order valence-electron chi connectivity index (χ3n) is 5.11. The largest absolute Gasteiger partial charge is 0.494 e. The van der Waals surface area contributed by atoms with E-state index in [1.54, 1.807) is 12.1 Å². The molecular formula is C22H22N4O3S. The SMILES string of the molecule is CCOc1ccc(NC(=S)N2CCn3cccc3C2c2cccc([N+](=O)[O-])c2)cc1. The van der Waals surface area contributed by atoms with Gasteiger partial charge in [-0.1, -0.05) is 12.1 Å². The summed E-state index contributed by atoms with van der Waals surface area (Å²) in [6.07, 6.45) is 2.03. The number of fused-ring (bicyclic) bond motifs is 1. The van der Waals surface area contributed by atoms with Gasteiger partial charge in [0.2, 0.25) is 0 Å². The quantitative estimate of drug-likeness (QED) is 0.368. The number of hydrogen-bond donors (Lipinski definition) is 1. The van der Waals surface area contributed by atoms with E-state index in [9.17, 15) is 10.1 Å². The molecule has 4 rings (SSSR count). The maximum atomic E-state index is 11.3. The van der Waals surface area contributed by atoms with Gasteiger partial charge in [0.25, 0.3) is 5.69 Å². The zero-order valence-corrected chi connectivity index (χ0v) is 17.3. The third-order valence-corrected chi connectivity index (χ3v) is 5.45. The molecule has 1 aromatic heterocycles. The maximum Gasteiger partial charge on any atom is 0.269 e. The van der Waals surface area contributed by atoms with E-state index in [4.69, 9.17) is 17.0 Å². The van der Waals surface area contributed by atoms with Crippen LogP contribution in [-0.2, 0) is 6.54 Å². The molecule has 0 fully saturated rings. The monoisotopic (exact) mass is 422 g/mol. The zero-order chi connectivity index (χ0) is 21.1. The predicted molar refractivity (Wildman–Crippen MR) is 120 cm³/mol. The molecule has 0 bridgehead atoms. The number of anilines is 1. The zero-order valence-electron chi connectivity index (χ0n) is 16.5. The van der Waals surface area contributed by atoms with Crippen LogP contribution < -0.4 is 10.1 Å². The van der Waals surface area contributed by atoms with E-state index in [1.165, 1.54) is 6.07 Å². The van der Waals surface area contributed by atoms with E-state index < -0.39 is 0 Å². The third kappa shape index (κ3) is 3.99. The highest BCUT2D eigenvalue weighted by Gasteiger charge is 2.31. The Morgan fingerprint density at radius 1 is 1.20 bits per heavy atom. The minimum Gasteiger partial charge on any atom is -0.494 e. The van der Waals surface area contributed by atoms with Crippen molar-refractivity contribution in [3.63, 3.8) is 0 Å². The summed E-state index contributed by atoms with van der Waals surface area (Å²) in [7, 11) is 0. The van der Waals surface area contributed by atoms with Crippen molar-refractivity contribution in [2.45, 2.75) is 19.5 Å². The van der Waals surface area contributed by atoms with Crippen LogP contribution in [0.1, 0.15) is 24.2 Å². The fraction of sp³-hybridized carbons (Fsp3) is 0.227. The summed E-state index contributed by atoms with van der Waals surface area (Å²) in [5.74, 6) is 0.805. The van der Waals surface area contributed by atoms with Crippen LogP contribution in [0.3, 0.4) is 0 Å². The normalized spacial score (nSPS) is 15.4. The lowest BCUT2D eigenvalue weighted by molar-refractivity contribution is -0.384. The summed E-state index contributed by atoms with van der Waals surface area (Å²) in [5.41, 5.74) is 2.82. The summed E-state index contributed by atoms with van der Waals surface area (Å²) in [6.45, 7) is 4.04. The van der Waals surface area contributed by atoms with E-state index >= 15 is 0 Å². The summed E-state index contributed by atoms with van der Waals surface area (Å²) >= 11 is 5.74. The molecule has 1 aliphatic heterocycles. The van der Waals surface area contributed by atoms with Gasteiger partial charge in [-0.25, -0.2) is 0 Å². The van der Waals surface area contributed by atoms with Crippen LogP contribution in [0.15, 0.2) is 66.9 Å². The Labute approximate surface area is 180 Å². The second-order valence-electron chi connectivity index (χ2n) is 6.96. The first kappa shape index (κ1) is 19.9. The Hall–Kier alpha value is -3.39. The number of hydrogen-bond acceptors (Lipinski definition) is 4. The van der Waals surface area contributed by atoms with Gasteiger partial charge in [0.15, 0.2) is 5.11 Å². The number of nitrogens with zero attached hydrogens (tertiary/aromatic N) is 3. The lowest BCUT2D eigenvalue weighted by Crippen LogP contribution is -2.44. The van der Waals surface area contributed by atoms with E-state index in [0.29, 0.717) is 18.3 Å². The Bertz CT molecular complexity index is 1060. The molecule has 0 saturated carbocycles. The van der Waals surface area contributed by atoms with Crippen LogP contribution in [0.25, 0.3) is 0 Å². The summed E-state index contributed by atoms with van der Waals surface area (Å²) in [5, 5.41) is 15.2.